The van der Waals surface area contributed by atoms with Crippen molar-refractivity contribution < 1.29 is 4.74 Å². The Morgan fingerprint density at radius 3 is 2.57 bits per heavy atom. The van der Waals surface area contributed by atoms with Crippen molar-refractivity contribution in [1.29, 1.82) is 0 Å². The number of nitrogens with one attached hydrogen (secondary N) is 1. The van der Waals surface area contributed by atoms with Gasteiger partial charge in [-0.1, -0.05) is 6.92 Å². The lowest BCUT2D eigenvalue weighted by molar-refractivity contribution is -0.00859. The van der Waals surface area contributed by atoms with Gasteiger partial charge in [-0.05, 0) is 45.2 Å². The largest absolute Gasteiger partial charge is 0.375 e. The molecule has 0 spiro atoms. The number of hydrogen-bond acceptors (Lipinski definition) is 3. The highest BCUT2D eigenvalue weighted by Gasteiger charge is 2.15. The van der Waals surface area contributed by atoms with Crippen molar-refractivity contribution in [3.8, 4) is 0 Å². The lowest BCUT2D eigenvalue weighted by Crippen LogP contribution is -2.38. The summed E-state index contributed by atoms with van der Waals surface area (Å²) in [7, 11) is 0. The van der Waals surface area contributed by atoms with Gasteiger partial charge in [0, 0.05) is 13.2 Å². The van der Waals surface area contributed by atoms with Crippen molar-refractivity contribution in [3.63, 3.8) is 0 Å². The van der Waals surface area contributed by atoms with Crippen molar-refractivity contribution in [3.05, 3.63) is 0 Å². The maximum absolute atomic E-state index is 5.59. The van der Waals surface area contributed by atoms with Gasteiger partial charge in [0.25, 0.3) is 0 Å². The molecule has 0 saturated heterocycles. The molecule has 0 radical (unpaired) electrons. The molecule has 2 nitrogen and oxygen atoms in total. The topological polar surface area (TPSA) is 21.3 Å². The van der Waals surface area contributed by atoms with Crippen molar-refractivity contribution in [2.45, 2.75) is 39.7 Å². The normalized spacial score (nSPS) is 12.0. The summed E-state index contributed by atoms with van der Waals surface area (Å²) in [5, 5.41) is 3.43. The average Bonchev–Trinajstić information content (AvgIpc) is 2.11. The molecule has 0 heterocycles. The summed E-state index contributed by atoms with van der Waals surface area (Å²) in [5.41, 5.74) is -0.0212. The summed E-state index contributed by atoms with van der Waals surface area (Å²) in [6, 6.07) is 0. The zero-order valence-corrected chi connectivity index (χ0v) is 10.9. The summed E-state index contributed by atoms with van der Waals surface area (Å²) in [5.74, 6) is 2.49. The highest BCUT2D eigenvalue weighted by molar-refractivity contribution is 7.99. The molecule has 0 aromatic heterocycles. The molecule has 0 amide bonds. The van der Waals surface area contributed by atoms with Gasteiger partial charge in [-0.3, -0.25) is 0 Å². The lowest BCUT2D eigenvalue weighted by atomic mass is 10.1. The summed E-state index contributed by atoms with van der Waals surface area (Å²) in [4.78, 5) is 0. The van der Waals surface area contributed by atoms with E-state index in [1.807, 2.05) is 18.7 Å². The number of hydrogen-bond donors (Lipinski definition) is 1. The van der Waals surface area contributed by atoms with E-state index in [2.05, 4.69) is 26.1 Å². The Hall–Kier alpha value is 0.270. The Labute approximate surface area is 93.2 Å². The van der Waals surface area contributed by atoms with Gasteiger partial charge in [-0.25, -0.2) is 0 Å². The molecule has 86 valence electrons. The zero-order chi connectivity index (χ0) is 10.9. The van der Waals surface area contributed by atoms with Gasteiger partial charge in [0.05, 0.1) is 5.60 Å². The summed E-state index contributed by atoms with van der Waals surface area (Å²) in [6.45, 7) is 11.3. The predicted molar refractivity (Wildman–Crippen MR) is 66.2 cm³/mol. The second-order valence-electron chi connectivity index (χ2n) is 3.92. The molecule has 0 rings (SSSR count). The van der Waals surface area contributed by atoms with E-state index in [0.717, 1.165) is 19.7 Å². The SMILES string of the molecule is CCOC(C)(C)CNCCCSCC. The minimum Gasteiger partial charge on any atom is -0.375 e. The van der Waals surface area contributed by atoms with Gasteiger partial charge in [-0.2, -0.15) is 11.8 Å². The third-order valence-electron chi connectivity index (χ3n) is 1.93. The van der Waals surface area contributed by atoms with Crippen molar-refractivity contribution in [1.82, 2.24) is 5.32 Å². The second kappa shape index (κ2) is 8.57. The van der Waals surface area contributed by atoms with Gasteiger partial charge in [0.15, 0.2) is 0 Å². The fourth-order valence-corrected chi connectivity index (χ4v) is 1.91. The number of rotatable bonds is 9. The van der Waals surface area contributed by atoms with Gasteiger partial charge < -0.3 is 10.1 Å². The van der Waals surface area contributed by atoms with Crippen LogP contribution in [-0.4, -0.2) is 36.8 Å². The monoisotopic (exact) mass is 219 g/mol. The van der Waals surface area contributed by atoms with Crippen LogP contribution >= 0.6 is 11.8 Å². The van der Waals surface area contributed by atoms with E-state index in [0.29, 0.717) is 0 Å². The average molecular weight is 219 g/mol. The Bertz CT molecular complexity index is 128. The Balaban J connectivity index is 3.26. The van der Waals surface area contributed by atoms with Crippen LogP contribution in [0.25, 0.3) is 0 Å². The maximum Gasteiger partial charge on any atom is 0.0750 e. The van der Waals surface area contributed by atoms with Gasteiger partial charge in [-0.15, -0.1) is 0 Å². The van der Waals surface area contributed by atoms with E-state index in [1.54, 1.807) is 0 Å². The van der Waals surface area contributed by atoms with Crippen molar-refractivity contribution in [2.75, 3.05) is 31.2 Å². The van der Waals surface area contributed by atoms with Crippen LogP contribution in [0.5, 0.6) is 0 Å². The summed E-state index contributed by atoms with van der Waals surface area (Å²) in [6.07, 6.45) is 1.25. The molecule has 0 aliphatic rings. The first kappa shape index (κ1) is 14.3. The van der Waals surface area contributed by atoms with Crippen LogP contribution in [0, 0.1) is 0 Å². The van der Waals surface area contributed by atoms with Crippen molar-refractivity contribution in [2.24, 2.45) is 0 Å². The van der Waals surface area contributed by atoms with Gasteiger partial charge in [0.1, 0.15) is 0 Å². The standard InChI is InChI=1S/C11H25NOS/c1-5-13-11(3,4)10-12-8-7-9-14-6-2/h12H,5-10H2,1-4H3. The third kappa shape index (κ3) is 8.85. The van der Waals surface area contributed by atoms with Crippen LogP contribution in [0.15, 0.2) is 0 Å². The summed E-state index contributed by atoms with van der Waals surface area (Å²) < 4.78 is 5.59. The van der Waals surface area contributed by atoms with Crippen LogP contribution in [-0.2, 0) is 4.74 Å². The molecule has 0 fully saturated rings. The molecule has 0 bridgehead atoms. The second-order valence-corrected chi connectivity index (χ2v) is 5.31. The van der Waals surface area contributed by atoms with Crippen LogP contribution in [0.3, 0.4) is 0 Å². The summed E-state index contributed by atoms with van der Waals surface area (Å²) >= 11 is 2.01. The Kier molecular flexibility index (Phi) is 8.73. The minimum absolute atomic E-state index is 0.0212. The van der Waals surface area contributed by atoms with Crippen molar-refractivity contribution >= 4 is 11.8 Å². The van der Waals surface area contributed by atoms with E-state index in [-0.39, 0.29) is 5.60 Å². The van der Waals surface area contributed by atoms with Crippen LogP contribution < -0.4 is 5.32 Å². The Morgan fingerprint density at radius 2 is 2.00 bits per heavy atom. The molecule has 0 aromatic carbocycles. The van der Waals surface area contributed by atoms with Gasteiger partial charge >= 0.3 is 0 Å². The van der Waals surface area contributed by atoms with Gasteiger partial charge in [0.2, 0.25) is 0 Å². The smallest absolute Gasteiger partial charge is 0.0750 e. The fraction of sp³-hybridized carbons (Fsp3) is 1.00. The van der Waals surface area contributed by atoms with Crippen LogP contribution in [0.4, 0.5) is 0 Å². The number of thioether (sulfide) groups is 1. The molecule has 0 aliphatic carbocycles. The van der Waals surface area contributed by atoms with E-state index in [9.17, 15) is 0 Å². The predicted octanol–water partition coefficient (Wildman–Crippen LogP) is 2.53. The minimum atomic E-state index is -0.0212. The highest BCUT2D eigenvalue weighted by Crippen LogP contribution is 2.06. The highest BCUT2D eigenvalue weighted by atomic mass is 32.2. The third-order valence-corrected chi connectivity index (χ3v) is 2.92. The molecule has 0 aliphatic heterocycles. The lowest BCUT2D eigenvalue weighted by Gasteiger charge is -2.24. The molecule has 0 aromatic rings. The van der Waals surface area contributed by atoms with E-state index >= 15 is 0 Å². The molecule has 0 atom stereocenters. The van der Waals surface area contributed by atoms with E-state index in [4.69, 9.17) is 4.74 Å². The maximum atomic E-state index is 5.59. The molecule has 14 heavy (non-hydrogen) atoms. The molecule has 0 saturated carbocycles. The molecular weight excluding hydrogens is 194 g/mol. The zero-order valence-electron chi connectivity index (χ0n) is 10.1. The quantitative estimate of drug-likeness (QED) is 0.602. The van der Waals surface area contributed by atoms with Crippen LogP contribution in [0.2, 0.25) is 0 Å². The molecular formula is C11H25NOS. The first-order chi connectivity index (χ1) is 6.62. The molecule has 1 N–H and O–H groups in total. The van der Waals surface area contributed by atoms with E-state index in [1.165, 1.54) is 17.9 Å². The fourth-order valence-electron chi connectivity index (χ4n) is 1.27. The Morgan fingerprint density at radius 1 is 1.29 bits per heavy atom. The van der Waals surface area contributed by atoms with E-state index < -0.39 is 0 Å². The number of ether oxygens (including phenoxy) is 1. The van der Waals surface area contributed by atoms with Crippen LogP contribution in [0.1, 0.15) is 34.1 Å². The molecule has 0 unspecified atom stereocenters. The first-order valence-electron chi connectivity index (χ1n) is 5.55. The molecule has 3 heteroatoms. The first-order valence-corrected chi connectivity index (χ1v) is 6.70.